The first-order chi connectivity index (χ1) is 17.8. The van der Waals surface area contributed by atoms with Crippen LogP contribution in [0.1, 0.15) is 92.6 Å². The molecule has 3 nitrogen and oxygen atoms in total. The molecule has 0 aliphatic carbocycles. The maximum absolute atomic E-state index is 12.4. The van der Waals surface area contributed by atoms with Gasteiger partial charge in [0.15, 0.2) is 6.54 Å². The van der Waals surface area contributed by atoms with Crippen LogP contribution in [0.4, 0.5) is 0 Å². The fraction of sp³-hybridized carbons (Fsp3) is 0.364. The fourth-order valence-corrected chi connectivity index (χ4v) is 4.17. The molecule has 0 heterocycles. The summed E-state index contributed by atoms with van der Waals surface area (Å²) in [6, 6.07) is 21.5. The van der Waals surface area contributed by atoms with Crippen molar-refractivity contribution in [3.63, 3.8) is 0 Å². The molecule has 0 aliphatic heterocycles. The lowest BCUT2D eigenvalue weighted by molar-refractivity contribution is -0.883. The topological polar surface area (TPSA) is 45.7 Å². The monoisotopic (exact) mass is 480 g/mol. The summed E-state index contributed by atoms with van der Waals surface area (Å²) in [4.78, 5) is 17.8. The summed E-state index contributed by atoms with van der Waals surface area (Å²) in [7, 11) is 0. The lowest BCUT2D eigenvalue weighted by atomic mass is 10.1. The molecular weight excluding hydrogens is 442 g/mol. The minimum Gasteiger partial charge on any atom is -0.0891 e. The molecule has 0 aromatic heterocycles. The van der Waals surface area contributed by atoms with Gasteiger partial charge in [-0.05, 0) is 53.3 Å². The van der Waals surface area contributed by atoms with Crippen molar-refractivity contribution in [1.29, 1.82) is 0 Å². The minimum atomic E-state index is -0.365. The summed E-state index contributed by atoms with van der Waals surface area (Å²) in [6.07, 6.45) is 12.8. The van der Waals surface area contributed by atoms with E-state index in [1.807, 2.05) is 30.3 Å². The van der Waals surface area contributed by atoms with E-state index < -0.39 is 0 Å². The Kier molecular flexibility index (Phi) is 12.2. The molecule has 0 spiro atoms. The van der Waals surface area contributed by atoms with Crippen molar-refractivity contribution < 1.29 is 15.1 Å². The lowest BCUT2D eigenvalue weighted by Gasteiger charge is -2.02. The average Bonchev–Trinajstić information content (AvgIpc) is 2.91. The third-order valence-electron chi connectivity index (χ3n) is 6.26. The Hall–Kier alpha value is -3.53. The van der Waals surface area contributed by atoms with Gasteiger partial charge in [0, 0.05) is 17.5 Å². The summed E-state index contributed by atoms with van der Waals surface area (Å²) in [5.41, 5.74) is 4.04. The van der Waals surface area contributed by atoms with Gasteiger partial charge >= 0.3 is 5.97 Å². The average molecular weight is 481 g/mol. The smallest absolute Gasteiger partial charge is 0.0891 e. The van der Waals surface area contributed by atoms with Gasteiger partial charge in [0.25, 0.3) is 0 Å². The standard InChI is InChI=1S/C33H37NO2/c1-2-3-4-5-6-7-8-9-10-11-12-13-14-18-28-23-25-30(26-24-28)33(35)36-34-27-31-21-17-20-29-19-15-16-22-32(29)31/h15-17,19-26,34H,2-11,27H2,1H3/q+1/p+1. The summed E-state index contributed by atoms with van der Waals surface area (Å²) >= 11 is 0. The number of hydrogen-bond donors (Lipinski definition) is 1. The second-order valence-electron chi connectivity index (χ2n) is 9.12. The number of carbonyl (C=O) groups is 1. The minimum absolute atomic E-state index is 0.365. The highest BCUT2D eigenvalue weighted by atomic mass is 16.7. The number of benzene rings is 3. The zero-order chi connectivity index (χ0) is 25.3. The Balaban J connectivity index is 1.33. The van der Waals surface area contributed by atoms with Crippen molar-refractivity contribution >= 4 is 16.7 Å². The molecule has 185 valence electrons. The van der Waals surface area contributed by atoms with Gasteiger partial charge in [0.2, 0.25) is 0 Å². The molecule has 1 radical (unpaired) electrons. The zero-order valence-corrected chi connectivity index (χ0v) is 21.5. The highest BCUT2D eigenvalue weighted by molar-refractivity contribution is 5.89. The van der Waals surface area contributed by atoms with Crippen LogP contribution in [0.15, 0.2) is 66.7 Å². The van der Waals surface area contributed by atoms with Crippen molar-refractivity contribution in [2.45, 2.75) is 77.7 Å². The zero-order valence-electron chi connectivity index (χ0n) is 21.5. The number of rotatable bonds is 13. The highest BCUT2D eigenvalue weighted by Gasteiger charge is 2.24. The summed E-state index contributed by atoms with van der Waals surface area (Å²) < 4.78 is 0. The predicted molar refractivity (Wildman–Crippen MR) is 148 cm³/mol. The van der Waals surface area contributed by atoms with E-state index in [4.69, 9.17) is 4.84 Å². The SMILES string of the molecule is CCCCCCCCCCCC#CC#Cc1ccc(C(=[O+])O[NH2+]Cc2cccc3ccccc23)cc1. The fourth-order valence-electron chi connectivity index (χ4n) is 4.17. The molecule has 0 saturated carbocycles. The predicted octanol–water partition coefficient (Wildman–Crippen LogP) is 6.95. The third-order valence-corrected chi connectivity index (χ3v) is 6.26. The van der Waals surface area contributed by atoms with Crippen LogP contribution in [0.5, 0.6) is 0 Å². The van der Waals surface area contributed by atoms with E-state index in [2.05, 4.69) is 54.9 Å². The first-order valence-electron chi connectivity index (χ1n) is 13.4. The van der Waals surface area contributed by atoms with Crippen molar-refractivity contribution in [3.8, 4) is 23.7 Å². The number of hydroxylamine groups is 1. The van der Waals surface area contributed by atoms with E-state index in [0.29, 0.717) is 12.1 Å². The van der Waals surface area contributed by atoms with Crippen LogP contribution in [0.2, 0.25) is 0 Å². The van der Waals surface area contributed by atoms with Crippen molar-refractivity contribution in [2.75, 3.05) is 0 Å². The van der Waals surface area contributed by atoms with E-state index in [1.54, 1.807) is 17.6 Å². The van der Waals surface area contributed by atoms with Gasteiger partial charge in [-0.1, -0.05) is 123 Å². The first kappa shape index (κ1) is 27.1. The van der Waals surface area contributed by atoms with Crippen LogP contribution >= 0.6 is 0 Å². The Morgan fingerprint density at radius 1 is 0.778 bits per heavy atom. The van der Waals surface area contributed by atoms with Gasteiger partial charge in [-0.15, -0.1) is 0 Å². The Morgan fingerprint density at radius 2 is 1.47 bits per heavy atom. The third kappa shape index (κ3) is 9.61. The van der Waals surface area contributed by atoms with Crippen LogP contribution < -0.4 is 5.48 Å². The van der Waals surface area contributed by atoms with Crippen molar-refractivity contribution in [2.24, 2.45) is 0 Å². The number of carbonyl (C=O) groups excluding carboxylic acids is 1. The van der Waals surface area contributed by atoms with Crippen molar-refractivity contribution in [3.05, 3.63) is 83.4 Å². The molecule has 0 aliphatic rings. The lowest BCUT2D eigenvalue weighted by Crippen LogP contribution is -2.82. The van der Waals surface area contributed by atoms with E-state index in [9.17, 15) is 4.79 Å². The number of quaternary nitrogens is 1. The molecule has 0 amide bonds. The quantitative estimate of drug-likeness (QED) is 0.124. The molecule has 0 saturated heterocycles. The van der Waals surface area contributed by atoms with Gasteiger partial charge in [0.1, 0.15) is 5.56 Å². The summed E-state index contributed by atoms with van der Waals surface area (Å²) in [5.74, 6) is 11.7. The molecule has 3 rings (SSSR count). The molecular formula is C33H38NO2+2. The van der Waals surface area contributed by atoms with Crippen LogP contribution in [-0.4, -0.2) is 5.97 Å². The van der Waals surface area contributed by atoms with Crippen LogP contribution in [0.3, 0.4) is 0 Å². The molecule has 0 bridgehead atoms. The highest BCUT2D eigenvalue weighted by Crippen LogP contribution is 2.17. The van der Waals surface area contributed by atoms with E-state index >= 15 is 0 Å². The molecule has 3 aromatic rings. The Bertz CT molecular complexity index is 1200. The largest absolute Gasteiger partial charge is 0.669 e. The van der Waals surface area contributed by atoms with Crippen LogP contribution in [0.25, 0.3) is 10.8 Å². The van der Waals surface area contributed by atoms with Crippen LogP contribution in [0, 0.1) is 23.7 Å². The molecule has 0 unspecified atom stereocenters. The Morgan fingerprint density at radius 3 is 2.25 bits per heavy atom. The Labute approximate surface area is 216 Å². The van der Waals surface area contributed by atoms with Gasteiger partial charge in [-0.3, -0.25) is 0 Å². The van der Waals surface area contributed by atoms with Crippen LogP contribution in [-0.2, 0) is 11.4 Å². The number of hydrogen-bond acceptors (Lipinski definition) is 2. The van der Waals surface area contributed by atoms with E-state index in [0.717, 1.165) is 24.0 Å². The molecule has 0 fully saturated rings. The second-order valence-corrected chi connectivity index (χ2v) is 9.12. The van der Waals surface area contributed by atoms with Gasteiger partial charge in [0.05, 0.1) is 4.79 Å². The normalized spacial score (nSPS) is 10.2. The second kappa shape index (κ2) is 16.2. The summed E-state index contributed by atoms with van der Waals surface area (Å²) in [6.45, 7) is 2.82. The maximum atomic E-state index is 12.4. The van der Waals surface area contributed by atoms with E-state index in [-0.39, 0.29) is 5.97 Å². The van der Waals surface area contributed by atoms with E-state index in [1.165, 1.54) is 62.1 Å². The first-order valence-corrected chi connectivity index (χ1v) is 13.4. The molecule has 3 heteroatoms. The van der Waals surface area contributed by atoms with Gasteiger partial charge in [-0.25, -0.2) is 0 Å². The molecule has 3 aromatic carbocycles. The molecule has 36 heavy (non-hydrogen) atoms. The van der Waals surface area contributed by atoms with Gasteiger partial charge < -0.3 is 0 Å². The summed E-state index contributed by atoms with van der Waals surface area (Å²) in [5, 5.41) is 2.35. The number of unbranched alkanes of at least 4 members (excludes halogenated alkanes) is 9. The van der Waals surface area contributed by atoms with Gasteiger partial charge in [-0.2, -0.15) is 0 Å². The molecule has 0 atom stereocenters. The number of fused-ring (bicyclic) bond motifs is 1. The molecule has 2 N–H and O–H groups in total. The van der Waals surface area contributed by atoms with Crippen molar-refractivity contribution in [1.82, 2.24) is 0 Å². The number of nitrogens with two attached hydrogens (primary N) is 1. The maximum Gasteiger partial charge on any atom is 0.669 e.